The molecule has 1 heterocycles. The van der Waals surface area contributed by atoms with Crippen molar-refractivity contribution in [2.75, 3.05) is 19.0 Å². The normalized spacial score (nSPS) is 15.0. The van der Waals surface area contributed by atoms with Crippen LogP contribution in [0, 0.1) is 0 Å². The lowest BCUT2D eigenvalue weighted by Crippen LogP contribution is -2.36. The topological polar surface area (TPSA) is 110 Å². The molecule has 2 amide bonds. The summed E-state index contributed by atoms with van der Waals surface area (Å²) >= 11 is 0. The summed E-state index contributed by atoms with van der Waals surface area (Å²) in [6.07, 6.45) is 4.32. The molecule has 3 rings (SSSR count). The molecule has 0 aliphatic heterocycles. The highest BCUT2D eigenvalue weighted by Crippen LogP contribution is 2.29. The second-order valence-corrected chi connectivity index (χ2v) is 8.21. The lowest BCUT2D eigenvalue weighted by atomic mass is 9.88. The van der Waals surface area contributed by atoms with Gasteiger partial charge < -0.3 is 25.1 Å². The maximum atomic E-state index is 11.8. The smallest absolute Gasteiger partial charge is 0.408 e. The van der Waals surface area contributed by atoms with Gasteiger partial charge in [-0.2, -0.15) is 0 Å². The number of hydrogen-bond donors (Lipinski definition) is 3. The highest BCUT2D eigenvalue weighted by Gasteiger charge is 2.24. The third-order valence-electron chi connectivity index (χ3n) is 4.38. The van der Waals surface area contributed by atoms with Gasteiger partial charge in [-0.1, -0.05) is 24.3 Å². The van der Waals surface area contributed by atoms with Crippen LogP contribution >= 0.6 is 0 Å². The Bertz CT molecular complexity index is 933. The molecule has 1 aliphatic rings. The fourth-order valence-corrected chi connectivity index (χ4v) is 3.19. The Morgan fingerprint density at radius 1 is 1.19 bits per heavy atom. The number of alkyl carbamates (subject to hydrolysis) is 1. The number of methoxy groups -OCH3 is 1. The van der Waals surface area contributed by atoms with Gasteiger partial charge in [0, 0.05) is 25.4 Å². The predicted octanol–water partition coefficient (Wildman–Crippen LogP) is 3.55. The van der Waals surface area contributed by atoms with Crippen molar-refractivity contribution in [2.45, 2.75) is 51.7 Å². The Morgan fingerprint density at radius 3 is 2.61 bits per heavy atom. The third-order valence-corrected chi connectivity index (χ3v) is 4.38. The van der Waals surface area contributed by atoms with E-state index in [0.29, 0.717) is 5.82 Å². The van der Waals surface area contributed by atoms with Crippen LogP contribution in [0.1, 0.15) is 50.8 Å². The molecule has 168 valence electrons. The maximum absolute atomic E-state index is 11.8. The van der Waals surface area contributed by atoms with Gasteiger partial charge in [0.2, 0.25) is 0 Å². The van der Waals surface area contributed by atoms with Gasteiger partial charge >= 0.3 is 6.09 Å². The van der Waals surface area contributed by atoms with Crippen molar-refractivity contribution in [1.82, 2.24) is 10.3 Å². The Balaban J connectivity index is 0.000000233. The van der Waals surface area contributed by atoms with E-state index >= 15 is 0 Å². The van der Waals surface area contributed by atoms with Gasteiger partial charge in [-0.15, -0.1) is 0 Å². The molecule has 1 atom stereocenters. The molecule has 0 bridgehead atoms. The van der Waals surface area contributed by atoms with E-state index in [0.717, 1.165) is 19.3 Å². The van der Waals surface area contributed by atoms with Crippen LogP contribution in [0.25, 0.3) is 0 Å². The van der Waals surface area contributed by atoms with Crippen molar-refractivity contribution < 1.29 is 19.1 Å². The first-order chi connectivity index (χ1) is 14.7. The van der Waals surface area contributed by atoms with E-state index in [4.69, 9.17) is 4.74 Å². The minimum absolute atomic E-state index is 0.0308. The molecule has 1 aromatic carbocycles. The molecular weight excluding hydrogens is 398 g/mol. The van der Waals surface area contributed by atoms with Crippen molar-refractivity contribution in [2.24, 2.45) is 0 Å². The average molecular weight is 430 g/mol. The van der Waals surface area contributed by atoms with Crippen LogP contribution in [0.5, 0.6) is 0 Å². The van der Waals surface area contributed by atoms with E-state index in [2.05, 4.69) is 38.6 Å². The third kappa shape index (κ3) is 8.64. The number of fused-ring (bicyclic) bond motifs is 1. The predicted molar refractivity (Wildman–Crippen MR) is 119 cm³/mol. The molecule has 0 saturated carbocycles. The SMILES string of the molecule is CC(C)(C)OC(=O)N[C@H]1CCCc2ccccc21.COCC(=O)Nc1cc(=O)cc[nH]1. The number of carbonyl (C=O) groups is 2. The van der Waals surface area contributed by atoms with Crippen molar-refractivity contribution in [3.8, 4) is 0 Å². The summed E-state index contributed by atoms with van der Waals surface area (Å²) in [5.41, 5.74) is 1.96. The number of ether oxygens (including phenoxy) is 2. The molecule has 2 aromatic rings. The van der Waals surface area contributed by atoms with Crippen LogP contribution in [0.2, 0.25) is 0 Å². The molecule has 1 aliphatic carbocycles. The molecule has 0 unspecified atom stereocenters. The quantitative estimate of drug-likeness (QED) is 0.689. The first-order valence-corrected chi connectivity index (χ1v) is 10.2. The number of benzene rings is 1. The molecule has 0 fully saturated rings. The number of pyridine rings is 1. The van der Waals surface area contributed by atoms with Gasteiger partial charge in [0.1, 0.15) is 18.0 Å². The first-order valence-electron chi connectivity index (χ1n) is 10.2. The van der Waals surface area contributed by atoms with Crippen LogP contribution in [0.15, 0.2) is 47.4 Å². The molecule has 0 saturated heterocycles. The average Bonchev–Trinajstić information content (AvgIpc) is 2.67. The summed E-state index contributed by atoms with van der Waals surface area (Å²) in [5, 5.41) is 5.43. The van der Waals surface area contributed by atoms with Gasteiger partial charge in [0.15, 0.2) is 5.43 Å². The maximum Gasteiger partial charge on any atom is 0.408 e. The molecule has 3 N–H and O–H groups in total. The van der Waals surface area contributed by atoms with Crippen LogP contribution in [-0.4, -0.2) is 36.3 Å². The van der Waals surface area contributed by atoms with Gasteiger partial charge in [-0.25, -0.2) is 4.79 Å². The summed E-state index contributed by atoms with van der Waals surface area (Å²) in [6.45, 7) is 5.60. The van der Waals surface area contributed by atoms with E-state index < -0.39 is 5.60 Å². The minimum atomic E-state index is -0.446. The molecule has 0 radical (unpaired) electrons. The van der Waals surface area contributed by atoms with E-state index in [-0.39, 0.29) is 30.1 Å². The fraction of sp³-hybridized carbons (Fsp3) is 0.435. The van der Waals surface area contributed by atoms with Crippen molar-refractivity contribution in [3.63, 3.8) is 0 Å². The monoisotopic (exact) mass is 429 g/mol. The largest absolute Gasteiger partial charge is 0.444 e. The van der Waals surface area contributed by atoms with E-state index in [1.54, 1.807) is 0 Å². The second-order valence-electron chi connectivity index (χ2n) is 8.21. The zero-order valence-electron chi connectivity index (χ0n) is 18.5. The highest BCUT2D eigenvalue weighted by atomic mass is 16.6. The number of anilines is 1. The Labute approximate surface area is 182 Å². The molecule has 0 spiro atoms. The van der Waals surface area contributed by atoms with Crippen LogP contribution in [-0.2, 0) is 20.7 Å². The van der Waals surface area contributed by atoms with Gasteiger partial charge in [-0.3, -0.25) is 9.59 Å². The number of aromatic amines is 1. The van der Waals surface area contributed by atoms with Gasteiger partial charge in [-0.05, 0) is 51.2 Å². The zero-order valence-corrected chi connectivity index (χ0v) is 18.5. The molecule has 8 heteroatoms. The first kappa shape index (κ1) is 24.1. The summed E-state index contributed by atoms with van der Waals surface area (Å²) in [6, 6.07) is 11.1. The van der Waals surface area contributed by atoms with Crippen LogP contribution in [0.4, 0.5) is 10.6 Å². The molecule has 1 aromatic heterocycles. The van der Waals surface area contributed by atoms with E-state index in [1.165, 1.54) is 36.6 Å². The Hall–Kier alpha value is -3.13. The van der Waals surface area contributed by atoms with Crippen molar-refractivity contribution in [1.29, 1.82) is 0 Å². The van der Waals surface area contributed by atoms with Crippen molar-refractivity contribution in [3.05, 3.63) is 63.9 Å². The lowest BCUT2D eigenvalue weighted by Gasteiger charge is -2.28. The van der Waals surface area contributed by atoms with E-state index in [1.807, 2.05) is 26.8 Å². The van der Waals surface area contributed by atoms with Crippen molar-refractivity contribution >= 4 is 17.8 Å². The van der Waals surface area contributed by atoms with Gasteiger partial charge in [0.05, 0.1) is 6.04 Å². The lowest BCUT2D eigenvalue weighted by molar-refractivity contribution is -0.119. The Kier molecular flexibility index (Phi) is 8.81. The summed E-state index contributed by atoms with van der Waals surface area (Å²) in [5.74, 6) is 0.0684. The van der Waals surface area contributed by atoms with Gasteiger partial charge in [0.25, 0.3) is 5.91 Å². The number of hydrogen-bond acceptors (Lipinski definition) is 5. The Morgan fingerprint density at radius 2 is 1.94 bits per heavy atom. The number of nitrogens with one attached hydrogen (secondary N) is 3. The number of aryl methyl sites for hydroxylation is 1. The number of aromatic nitrogens is 1. The number of amides is 2. The number of H-pyrrole nitrogens is 1. The number of carbonyl (C=O) groups excluding carboxylic acids is 2. The fourth-order valence-electron chi connectivity index (χ4n) is 3.19. The second kappa shape index (κ2) is 11.3. The van der Waals surface area contributed by atoms with E-state index in [9.17, 15) is 14.4 Å². The summed E-state index contributed by atoms with van der Waals surface area (Å²) < 4.78 is 9.91. The minimum Gasteiger partial charge on any atom is -0.444 e. The standard InChI is InChI=1S/C15H21NO2.C8H10N2O3/c1-15(2,3)18-14(17)16-13-10-6-8-11-7-4-5-9-12(11)13;1-13-5-8(12)10-7-4-6(11)2-3-9-7/h4-5,7,9,13H,6,8,10H2,1-3H3,(H,16,17);2-4H,5H2,1H3,(H2,9,10,11,12)/t13-;/m0./s1. The molecule has 8 nitrogen and oxygen atoms in total. The molecular formula is C23H31N3O5. The summed E-state index contributed by atoms with van der Waals surface area (Å²) in [7, 11) is 1.42. The van der Waals surface area contributed by atoms with Crippen LogP contribution in [0.3, 0.4) is 0 Å². The number of rotatable bonds is 4. The summed E-state index contributed by atoms with van der Waals surface area (Å²) in [4.78, 5) is 36.3. The molecule has 31 heavy (non-hydrogen) atoms. The highest BCUT2D eigenvalue weighted by molar-refractivity contribution is 5.90. The zero-order chi connectivity index (χ0) is 22.9. The van der Waals surface area contributed by atoms with Crippen LogP contribution < -0.4 is 16.1 Å².